The van der Waals surface area contributed by atoms with Crippen molar-refractivity contribution in [3.8, 4) is 5.75 Å². The Morgan fingerprint density at radius 3 is 2.67 bits per heavy atom. The molecule has 1 heterocycles. The molecule has 3 rings (SSSR count). The highest BCUT2D eigenvalue weighted by atomic mass is 16.5. The van der Waals surface area contributed by atoms with Gasteiger partial charge in [0.2, 0.25) is 0 Å². The van der Waals surface area contributed by atoms with Crippen LogP contribution in [0.25, 0.3) is 10.9 Å². The van der Waals surface area contributed by atoms with Gasteiger partial charge < -0.3 is 15.4 Å². The Bertz CT molecular complexity index is 886. The first kappa shape index (κ1) is 15.9. The van der Waals surface area contributed by atoms with E-state index in [0.29, 0.717) is 18.0 Å². The fourth-order valence-corrected chi connectivity index (χ4v) is 2.53. The van der Waals surface area contributed by atoms with Gasteiger partial charge in [-0.2, -0.15) is 5.10 Å². The van der Waals surface area contributed by atoms with Crippen LogP contribution in [0.15, 0.2) is 42.5 Å². The first-order chi connectivity index (χ1) is 11.6. The fraction of sp³-hybridized carbons (Fsp3) is 0.222. The maximum absolute atomic E-state index is 12.2. The molecule has 0 aliphatic carbocycles. The summed E-state index contributed by atoms with van der Waals surface area (Å²) in [5.74, 6) is 0.723. The second-order valence-corrected chi connectivity index (χ2v) is 5.48. The number of benzene rings is 2. The van der Waals surface area contributed by atoms with Gasteiger partial charge in [-0.25, -0.2) is 4.79 Å². The van der Waals surface area contributed by atoms with Gasteiger partial charge in [-0.3, -0.25) is 4.68 Å². The second-order valence-electron chi connectivity index (χ2n) is 5.48. The van der Waals surface area contributed by atoms with Crippen molar-refractivity contribution in [3.63, 3.8) is 0 Å². The molecule has 3 aromatic rings. The molecule has 0 unspecified atom stereocenters. The quantitative estimate of drug-likeness (QED) is 0.764. The molecule has 1 aromatic heterocycles. The normalized spacial score (nSPS) is 10.6. The summed E-state index contributed by atoms with van der Waals surface area (Å²) in [5, 5.41) is 11.1. The molecule has 0 aliphatic heterocycles. The van der Waals surface area contributed by atoms with Crippen molar-refractivity contribution < 1.29 is 9.53 Å². The number of aryl methyl sites for hydroxylation is 2. The average Bonchev–Trinajstić information content (AvgIpc) is 2.82. The molecular weight excluding hydrogens is 304 g/mol. The van der Waals surface area contributed by atoms with E-state index < -0.39 is 0 Å². The summed E-state index contributed by atoms with van der Waals surface area (Å²) in [5.41, 5.74) is 3.31. The van der Waals surface area contributed by atoms with E-state index in [1.54, 1.807) is 6.07 Å². The number of fused-ring (bicyclic) bond motifs is 1. The molecule has 0 aliphatic rings. The number of carbonyl (C=O) groups is 1. The van der Waals surface area contributed by atoms with E-state index in [-0.39, 0.29) is 6.03 Å². The van der Waals surface area contributed by atoms with E-state index in [1.165, 1.54) is 0 Å². The second kappa shape index (κ2) is 6.62. The van der Waals surface area contributed by atoms with Gasteiger partial charge in [-0.15, -0.1) is 0 Å². The number of hydrogen-bond acceptors (Lipinski definition) is 3. The van der Waals surface area contributed by atoms with Crippen LogP contribution in [0.2, 0.25) is 0 Å². The minimum absolute atomic E-state index is 0.310. The number of rotatable bonds is 4. The van der Waals surface area contributed by atoms with Crippen LogP contribution in [0.4, 0.5) is 16.2 Å². The Hall–Kier alpha value is -3.02. The first-order valence-electron chi connectivity index (χ1n) is 7.81. The largest absolute Gasteiger partial charge is 0.494 e. The van der Waals surface area contributed by atoms with Crippen molar-refractivity contribution in [2.45, 2.75) is 13.8 Å². The number of amides is 2. The number of ether oxygens (including phenoxy) is 1. The number of aromatic nitrogens is 2. The minimum atomic E-state index is -0.310. The van der Waals surface area contributed by atoms with Gasteiger partial charge in [0.1, 0.15) is 5.75 Å². The zero-order valence-corrected chi connectivity index (χ0v) is 14.0. The topological polar surface area (TPSA) is 68.2 Å². The zero-order valence-electron chi connectivity index (χ0n) is 14.0. The maximum Gasteiger partial charge on any atom is 0.323 e. The highest BCUT2D eigenvalue weighted by molar-refractivity contribution is 6.01. The summed E-state index contributed by atoms with van der Waals surface area (Å²) >= 11 is 0. The SMILES string of the molecule is CCOc1cccc(NC(=O)Nc2ccc3c(C)n(C)nc3c2)c1. The monoisotopic (exact) mass is 324 g/mol. The summed E-state index contributed by atoms with van der Waals surface area (Å²) in [6, 6.07) is 12.7. The molecule has 2 aromatic carbocycles. The van der Waals surface area contributed by atoms with Crippen LogP contribution in [0.1, 0.15) is 12.6 Å². The van der Waals surface area contributed by atoms with Gasteiger partial charge in [-0.05, 0) is 44.2 Å². The number of hydrogen-bond donors (Lipinski definition) is 2. The number of anilines is 2. The van der Waals surface area contributed by atoms with Gasteiger partial charge in [0.25, 0.3) is 0 Å². The van der Waals surface area contributed by atoms with Crippen molar-refractivity contribution in [1.29, 1.82) is 0 Å². The molecule has 0 saturated carbocycles. The minimum Gasteiger partial charge on any atom is -0.494 e. The molecule has 0 bridgehead atoms. The van der Waals surface area contributed by atoms with E-state index in [1.807, 2.05) is 62.0 Å². The van der Waals surface area contributed by atoms with E-state index in [2.05, 4.69) is 15.7 Å². The summed E-state index contributed by atoms with van der Waals surface area (Å²) in [4.78, 5) is 12.2. The molecular formula is C18H20N4O2. The molecule has 24 heavy (non-hydrogen) atoms. The fourth-order valence-electron chi connectivity index (χ4n) is 2.53. The Morgan fingerprint density at radius 1 is 1.17 bits per heavy atom. The third-order valence-electron chi connectivity index (χ3n) is 3.79. The molecule has 0 fully saturated rings. The number of nitrogens with one attached hydrogen (secondary N) is 2. The van der Waals surface area contributed by atoms with Gasteiger partial charge in [-0.1, -0.05) is 6.07 Å². The van der Waals surface area contributed by atoms with E-state index >= 15 is 0 Å². The van der Waals surface area contributed by atoms with Gasteiger partial charge >= 0.3 is 6.03 Å². The van der Waals surface area contributed by atoms with Crippen LogP contribution >= 0.6 is 0 Å². The van der Waals surface area contributed by atoms with Crippen LogP contribution in [-0.4, -0.2) is 22.4 Å². The van der Waals surface area contributed by atoms with Crippen molar-refractivity contribution in [2.24, 2.45) is 7.05 Å². The Balaban J connectivity index is 1.71. The standard InChI is InChI=1S/C18H20N4O2/c1-4-24-15-7-5-6-13(10-15)19-18(23)20-14-8-9-16-12(2)22(3)21-17(16)11-14/h5-11H,4H2,1-3H3,(H2,19,20,23). The van der Waals surface area contributed by atoms with E-state index in [4.69, 9.17) is 4.74 Å². The van der Waals surface area contributed by atoms with Crippen molar-refractivity contribution in [3.05, 3.63) is 48.2 Å². The highest BCUT2D eigenvalue weighted by Crippen LogP contribution is 2.22. The number of carbonyl (C=O) groups excluding carboxylic acids is 1. The van der Waals surface area contributed by atoms with Gasteiger partial charge in [0, 0.05) is 35.6 Å². The van der Waals surface area contributed by atoms with Crippen molar-refractivity contribution >= 4 is 28.3 Å². The molecule has 2 amide bonds. The lowest BCUT2D eigenvalue weighted by Crippen LogP contribution is -2.19. The number of urea groups is 1. The first-order valence-corrected chi connectivity index (χ1v) is 7.81. The third kappa shape index (κ3) is 3.32. The highest BCUT2D eigenvalue weighted by Gasteiger charge is 2.08. The van der Waals surface area contributed by atoms with E-state index in [9.17, 15) is 4.79 Å². The van der Waals surface area contributed by atoms with Gasteiger partial charge in [0.15, 0.2) is 0 Å². The lowest BCUT2D eigenvalue weighted by Gasteiger charge is -2.09. The van der Waals surface area contributed by atoms with Crippen LogP contribution in [0.5, 0.6) is 5.75 Å². The lowest BCUT2D eigenvalue weighted by atomic mass is 10.2. The summed E-state index contributed by atoms with van der Waals surface area (Å²) in [6.45, 7) is 4.52. The molecule has 6 nitrogen and oxygen atoms in total. The van der Waals surface area contributed by atoms with Crippen LogP contribution in [0, 0.1) is 6.92 Å². The molecule has 0 radical (unpaired) electrons. The Kier molecular flexibility index (Phi) is 4.37. The maximum atomic E-state index is 12.2. The summed E-state index contributed by atoms with van der Waals surface area (Å²) in [7, 11) is 1.90. The summed E-state index contributed by atoms with van der Waals surface area (Å²) in [6.07, 6.45) is 0. The smallest absolute Gasteiger partial charge is 0.323 e. The van der Waals surface area contributed by atoms with E-state index in [0.717, 1.165) is 22.3 Å². The number of nitrogens with zero attached hydrogens (tertiary/aromatic N) is 2. The molecule has 124 valence electrons. The van der Waals surface area contributed by atoms with Crippen LogP contribution in [-0.2, 0) is 7.05 Å². The van der Waals surface area contributed by atoms with Crippen LogP contribution < -0.4 is 15.4 Å². The van der Waals surface area contributed by atoms with Crippen LogP contribution in [0.3, 0.4) is 0 Å². The molecule has 0 spiro atoms. The van der Waals surface area contributed by atoms with Crippen molar-refractivity contribution in [1.82, 2.24) is 9.78 Å². The molecule has 2 N–H and O–H groups in total. The lowest BCUT2D eigenvalue weighted by molar-refractivity contribution is 0.262. The predicted octanol–water partition coefficient (Wildman–Crippen LogP) is 3.92. The van der Waals surface area contributed by atoms with Gasteiger partial charge in [0.05, 0.1) is 12.1 Å². The predicted molar refractivity (Wildman–Crippen MR) is 95.7 cm³/mol. The Labute approximate surface area is 140 Å². The molecule has 0 saturated heterocycles. The summed E-state index contributed by atoms with van der Waals surface area (Å²) < 4.78 is 7.25. The molecule has 6 heteroatoms. The third-order valence-corrected chi connectivity index (χ3v) is 3.79. The zero-order chi connectivity index (χ0) is 17.1. The Morgan fingerprint density at radius 2 is 1.92 bits per heavy atom. The average molecular weight is 324 g/mol. The van der Waals surface area contributed by atoms with Crippen molar-refractivity contribution in [2.75, 3.05) is 17.2 Å². The molecule has 0 atom stereocenters.